The monoisotopic (exact) mass is 564 g/mol. The van der Waals surface area contributed by atoms with Gasteiger partial charge in [0.25, 0.3) is 11.8 Å². The molecule has 1 saturated heterocycles. The van der Waals surface area contributed by atoms with Gasteiger partial charge >= 0.3 is 0 Å². The fourth-order valence-corrected chi connectivity index (χ4v) is 6.00. The molecule has 203 valence electrons. The molecule has 0 atom stereocenters. The van der Waals surface area contributed by atoms with E-state index in [1.807, 2.05) is 13.8 Å². The molecule has 2 amide bonds. The molecule has 11 heteroatoms. The number of fused-ring (bicyclic) bond motifs is 4. The highest BCUT2D eigenvalue weighted by atomic mass is 32.2. The molecule has 41 heavy (non-hydrogen) atoms. The minimum Gasteiger partial charge on any atom is -0.348 e. The van der Waals surface area contributed by atoms with Crippen LogP contribution in [-0.4, -0.2) is 61.3 Å². The van der Waals surface area contributed by atoms with Crippen molar-refractivity contribution in [1.82, 2.24) is 29.8 Å². The Kier molecular flexibility index (Phi) is 6.04. The van der Waals surface area contributed by atoms with Gasteiger partial charge in [0.15, 0.2) is 5.16 Å². The smallest absolute Gasteiger partial charge is 0.261 e. The molecule has 0 bridgehead atoms. The lowest BCUT2D eigenvalue weighted by Crippen LogP contribution is -2.43. The number of hydrogen-bond donors (Lipinski definition) is 1. The summed E-state index contributed by atoms with van der Waals surface area (Å²) in [5.41, 5.74) is 4.32. The minimum atomic E-state index is -0.391. The number of halogens is 1. The van der Waals surface area contributed by atoms with Crippen LogP contribution in [0.4, 0.5) is 10.2 Å². The van der Waals surface area contributed by atoms with Crippen molar-refractivity contribution in [3.63, 3.8) is 0 Å². The average molecular weight is 565 g/mol. The summed E-state index contributed by atoms with van der Waals surface area (Å²) in [7, 11) is 0. The van der Waals surface area contributed by atoms with E-state index in [0.29, 0.717) is 64.0 Å². The Morgan fingerprint density at radius 3 is 2.49 bits per heavy atom. The lowest BCUT2D eigenvalue weighted by molar-refractivity contribution is 0.0666. The summed E-state index contributed by atoms with van der Waals surface area (Å²) in [6, 6.07) is 12.6. The van der Waals surface area contributed by atoms with Gasteiger partial charge in [-0.2, -0.15) is 0 Å². The molecule has 1 N–H and O–H groups in total. The quantitative estimate of drug-likeness (QED) is 0.172. The van der Waals surface area contributed by atoms with Gasteiger partial charge in [-0.15, -0.1) is 0 Å². The number of anilines is 1. The lowest BCUT2D eigenvalue weighted by Gasteiger charge is -2.38. The van der Waals surface area contributed by atoms with E-state index in [0.717, 1.165) is 21.4 Å². The number of nitrogens with one attached hydrogen (secondary N) is 1. The van der Waals surface area contributed by atoms with Crippen LogP contribution >= 0.6 is 11.8 Å². The van der Waals surface area contributed by atoms with Crippen LogP contribution in [0, 0.1) is 18.8 Å². The van der Waals surface area contributed by atoms with E-state index in [-0.39, 0.29) is 18.4 Å². The molecule has 2 aromatic carbocycles. The molecule has 5 heterocycles. The van der Waals surface area contributed by atoms with E-state index in [2.05, 4.69) is 25.9 Å². The average Bonchev–Trinajstić information content (AvgIpc) is 3.42. The molecule has 2 aliphatic rings. The van der Waals surface area contributed by atoms with Crippen molar-refractivity contribution in [2.45, 2.75) is 30.3 Å². The normalized spacial score (nSPS) is 14.8. The van der Waals surface area contributed by atoms with E-state index >= 15 is 0 Å². The van der Waals surface area contributed by atoms with Gasteiger partial charge in [0.1, 0.15) is 23.1 Å². The van der Waals surface area contributed by atoms with Gasteiger partial charge in [0.2, 0.25) is 0 Å². The molecule has 5 aromatic rings. The van der Waals surface area contributed by atoms with Gasteiger partial charge in [0.05, 0.1) is 33.5 Å². The first-order valence-corrected chi connectivity index (χ1v) is 14.0. The van der Waals surface area contributed by atoms with E-state index in [9.17, 15) is 14.0 Å². The first kappa shape index (κ1) is 25.3. The Labute approximate surface area is 238 Å². The van der Waals surface area contributed by atoms with Gasteiger partial charge in [-0.3, -0.25) is 14.5 Å². The highest BCUT2D eigenvalue weighted by Gasteiger charge is 2.36. The Morgan fingerprint density at radius 2 is 1.80 bits per heavy atom. The number of benzene rings is 2. The van der Waals surface area contributed by atoms with Crippen LogP contribution < -0.4 is 4.90 Å². The van der Waals surface area contributed by atoms with Gasteiger partial charge in [-0.1, -0.05) is 19.1 Å². The molecular weight excluding hydrogens is 541 g/mol. The number of hydrogen-bond acceptors (Lipinski definition) is 8. The number of carbonyl (C=O) groups excluding carboxylic acids is 2. The maximum Gasteiger partial charge on any atom is 0.261 e. The van der Waals surface area contributed by atoms with Crippen LogP contribution in [0.5, 0.6) is 0 Å². The van der Waals surface area contributed by atoms with Crippen molar-refractivity contribution >= 4 is 51.3 Å². The second-order valence-corrected chi connectivity index (χ2v) is 11.1. The number of nitrogens with zero attached hydrogens (tertiary/aromatic N) is 6. The van der Waals surface area contributed by atoms with Crippen LogP contribution in [-0.2, 0) is 0 Å². The predicted molar refractivity (Wildman–Crippen MR) is 152 cm³/mol. The third kappa shape index (κ3) is 4.33. The first-order valence-electron chi connectivity index (χ1n) is 13.2. The fraction of sp³-hybridized carbons (Fsp3) is 0.200. The molecule has 0 unspecified atom stereocenters. The number of aromatic amines is 1. The van der Waals surface area contributed by atoms with E-state index < -0.39 is 5.82 Å². The van der Waals surface area contributed by atoms with Crippen molar-refractivity contribution < 1.29 is 14.0 Å². The summed E-state index contributed by atoms with van der Waals surface area (Å²) in [6.45, 7) is 5.25. The van der Waals surface area contributed by atoms with Gasteiger partial charge in [-0.25, -0.2) is 24.3 Å². The number of aryl methyl sites for hydroxylation is 1. The molecule has 3 aromatic heterocycles. The van der Waals surface area contributed by atoms with Crippen molar-refractivity contribution in [2.75, 3.05) is 24.5 Å². The van der Waals surface area contributed by atoms with Crippen molar-refractivity contribution in [1.29, 1.82) is 0 Å². The standard InChI is InChI=1S/C30H23FN7O2S/c1-3-17(15-38-28(39)21-6-4-5-7-22(21)29(38)40)18-13-37(14-18)27-25-23-10-19(31)8-9-24(23)34-26(25)35-30(36-27)41-20-11-32-16(2)33-12-20/h4-8,10-12H,3,13-15H2,1-2H3,(H,34,35,36). The molecular formula is C30H23FN7O2S. The molecule has 0 aliphatic carbocycles. The minimum absolute atomic E-state index is 0.257. The molecule has 0 saturated carbocycles. The van der Waals surface area contributed by atoms with Gasteiger partial charge < -0.3 is 9.88 Å². The first-order chi connectivity index (χ1) is 19.9. The highest BCUT2D eigenvalue weighted by molar-refractivity contribution is 7.99. The van der Waals surface area contributed by atoms with Crippen molar-refractivity contribution in [2.24, 2.45) is 0 Å². The topological polar surface area (TPSA) is 108 Å². The third-order valence-electron chi connectivity index (χ3n) is 7.47. The summed E-state index contributed by atoms with van der Waals surface area (Å²) in [5.74, 6) is 0.440. The third-order valence-corrected chi connectivity index (χ3v) is 8.28. The Hall–Kier alpha value is -4.64. The number of rotatable bonds is 6. The summed E-state index contributed by atoms with van der Waals surface area (Å²) in [5, 5.41) is 1.88. The zero-order chi connectivity index (χ0) is 28.2. The molecule has 1 radical (unpaired) electrons. The summed E-state index contributed by atoms with van der Waals surface area (Å²) >= 11 is 1.35. The molecule has 7 rings (SSSR count). The van der Waals surface area contributed by atoms with Crippen LogP contribution in [0.15, 0.2) is 70.0 Å². The van der Waals surface area contributed by atoms with Crippen LogP contribution in [0.2, 0.25) is 0 Å². The Bertz CT molecular complexity index is 1880. The van der Waals surface area contributed by atoms with Crippen LogP contribution in [0.3, 0.4) is 0 Å². The highest BCUT2D eigenvalue weighted by Crippen LogP contribution is 2.38. The SMILES string of the molecule is CCC(CN1C(=O)c2ccccc2C1=O)=C1CN(c2nc(Sc3cnc(C)nc3)nc3[nH]c4[c]cc(F)cc4c23)C1. The van der Waals surface area contributed by atoms with Crippen LogP contribution in [0.1, 0.15) is 39.9 Å². The number of aromatic nitrogens is 5. The zero-order valence-electron chi connectivity index (χ0n) is 22.2. The van der Waals surface area contributed by atoms with Crippen molar-refractivity contribution in [3.8, 4) is 0 Å². The number of H-pyrrole nitrogens is 1. The largest absolute Gasteiger partial charge is 0.348 e. The maximum absolute atomic E-state index is 14.3. The predicted octanol–water partition coefficient (Wildman–Crippen LogP) is 5.12. The molecule has 9 nitrogen and oxygen atoms in total. The maximum atomic E-state index is 14.3. The van der Waals surface area contributed by atoms with Crippen molar-refractivity contribution in [3.05, 3.63) is 88.8 Å². The fourth-order valence-electron chi connectivity index (χ4n) is 5.31. The van der Waals surface area contributed by atoms with Gasteiger partial charge in [-0.05, 0) is 60.5 Å². The molecule has 0 spiro atoms. The van der Waals surface area contributed by atoms with E-state index in [1.165, 1.54) is 28.8 Å². The van der Waals surface area contributed by atoms with E-state index in [4.69, 9.17) is 9.97 Å². The summed E-state index contributed by atoms with van der Waals surface area (Å²) in [4.78, 5) is 51.5. The molecule has 1 fully saturated rings. The Morgan fingerprint density at radius 1 is 1.10 bits per heavy atom. The Balaban J connectivity index is 1.22. The van der Waals surface area contributed by atoms with Crippen LogP contribution in [0.25, 0.3) is 21.9 Å². The molecule has 2 aliphatic heterocycles. The summed E-state index contributed by atoms with van der Waals surface area (Å²) in [6.07, 6.45) is 4.16. The second-order valence-electron chi connectivity index (χ2n) is 10.0. The summed E-state index contributed by atoms with van der Waals surface area (Å²) < 4.78 is 14.3. The van der Waals surface area contributed by atoms with E-state index in [1.54, 1.807) is 36.7 Å². The lowest BCUT2D eigenvalue weighted by atomic mass is 9.97. The second kappa shape index (κ2) is 9.77. The van der Waals surface area contributed by atoms with Gasteiger partial charge in [0, 0.05) is 36.9 Å². The number of carbonyl (C=O) groups is 2. The zero-order valence-corrected chi connectivity index (χ0v) is 23.0. The number of imide groups is 1. The number of amides is 2.